The molecule has 0 aromatic rings. The highest BCUT2D eigenvalue weighted by Crippen LogP contribution is 2.29. The summed E-state index contributed by atoms with van der Waals surface area (Å²) in [6.07, 6.45) is 0.427. The molecule has 2 nitrogen and oxygen atoms in total. The Morgan fingerprint density at radius 2 is 2.08 bits per heavy atom. The summed E-state index contributed by atoms with van der Waals surface area (Å²) in [5, 5.41) is 0. The zero-order valence-electron chi connectivity index (χ0n) is 8.60. The van der Waals surface area contributed by atoms with Crippen LogP contribution in [-0.2, 0) is 4.74 Å². The van der Waals surface area contributed by atoms with Crippen LogP contribution in [0.15, 0.2) is 16.5 Å². The Hall–Kier alpha value is -0.700. The van der Waals surface area contributed by atoms with Crippen LogP contribution in [0.5, 0.6) is 0 Å². The summed E-state index contributed by atoms with van der Waals surface area (Å²) < 4.78 is 18.6. The smallest absolute Gasteiger partial charge is 0.150 e. The zero-order valence-corrected chi connectivity index (χ0v) is 8.60. The lowest BCUT2D eigenvalue weighted by Crippen LogP contribution is -2.32. The molecule has 0 bridgehead atoms. The lowest BCUT2D eigenvalue weighted by molar-refractivity contribution is 0.0802. The van der Waals surface area contributed by atoms with Crippen molar-refractivity contribution < 1.29 is 9.13 Å². The van der Waals surface area contributed by atoms with Crippen molar-refractivity contribution in [2.24, 2.45) is 10.9 Å². The average Bonchev–Trinajstić information content (AvgIpc) is 2.10. The maximum atomic E-state index is 13.5. The first-order chi connectivity index (χ1) is 6.11. The van der Waals surface area contributed by atoms with E-state index in [0.29, 0.717) is 5.70 Å². The minimum atomic E-state index is -0.428. The first kappa shape index (κ1) is 10.4. The number of rotatable bonds is 2. The lowest BCUT2D eigenvalue weighted by atomic mass is 9.91. The molecule has 13 heavy (non-hydrogen) atoms. The van der Waals surface area contributed by atoms with E-state index in [1.54, 1.807) is 14.0 Å². The van der Waals surface area contributed by atoms with Gasteiger partial charge in [0, 0.05) is 18.7 Å². The minimum absolute atomic E-state index is 0.0914. The molecule has 0 fully saturated rings. The van der Waals surface area contributed by atoms with Gasteiger partial charge in [0.1, 0.15) is 6.10 Å². The summed E-state index contributed by atoms with van der Waals surface area (Å²) in [5.74, 6) is -0.131. The number of ether oxygens (including phenoxy) is 1. The third-order valence-electron chi connectivity index (χ3n) is 2.54. The first-order valence-electron chi connectivity index (χ1n) is 4.56. The fraction of sp³-hybridized carbons (Fsp3) is 0.700. The van der Waals surface area contributed by atoms with E-state index in [9.17, 15) is 4.39 Å². The van der Waals surface area contributed by atoms with Crippen LogP contribution < -0.4 is 0 Å². The Morgan fingerprint density at radius 1 is 1.46 bits per heavy atom. The largest absolute Gasteiger partial charge is 0.374 e. The Bertz CT molecular complexity index is 258. The van der Waals surface area contributed by atoms with Gasteiger partial charge in [-0.05, 0) is 20.3 Å². The van der Waals surface area contributed by atoms with Crippen LogP contribution in [0, 0.1) is 5.92 Å². The van der Waals surface area contributed by atoms with Gasteiger partial charge in [0.15, 0.2) is 5.83 Å². The van der Waals surface area contributed by atoms with Crippen LogP contribution >= 0.6 is 0 Å². The summed E-state index contributed by atoms with van der Waals surface area (Å²) in [4.78, 5) is 4.16. The lowest BCUT2D eigenvalue weighted by Gasteiger charge is -2.27. The van der Waals surface area contributed by atoms with Crippen LogP contribution in [0.25, 0.3) is 0 Å². The highest BCUT2D eigenvalue weighted by molar-refractivity contribution is 5.87. The topological polar surface area (TPSA) is 21.6 Å². The number of hydrogen-bond acceptors (Lipinski definition) is 2. The van der Waals surface area contributed by atoms with E-state index in [2.05, 4.69) is 4.99 Å². The van der Waals surface area contributed by atoms with Gasteiger partial charge < -0.3 is 4.74 Å². The van der Waals surface area contributed by atoms with Crippen LogP contribution in [0.4, 0.5) is 4.39 Å². The molecule has 0 N–H and O–H groups in total. The molecule has 0 aromatic heterocycles. The summed E-state index contributed by atoms with van der Waals surface area (Å²) in [5.41, 5.74) is 1.42. The normalized spacial score (nSPS) is 29.2. The molecular formula is C10H16FNO. The SMILES string of the molecule is CCC1C(C)=NC(C)=C(F)C1OC. The molecule has 0 radical (unpaired) electrons. The van der Waals surface area contributed by atoms with Crippen molar-refractivity contribution in [3.63, 3.8) is 0 Å². The maximum Gasteiger partial charge on any atom is 0.150 e. The van der Waals surface area contributed by atoms with Gasteiger partial charge in [-0.3, -0.25) is 4.99 Å². The maximum absolute atomic E-state index is 13.5. The van der Waals surface area contributed by atoms with Crippen LogP contribution in [-0.4, -0.2) is 18.9 Å². The quantitative estimate of drug-likeness (QED) is 0.648. The van der Waals surface area contributed by atoms with Gasteiger partial charge in [-0.25, -0.2) is 4.39 Å². The van der Waals surface area contributed by atoms with Crippen molar-refractivity contribution in [1.29, 1.82) is 0 Å². The van der Waals surface area contributed by atoms with E-state index in [0.717, 1.165) is 12.1 Å². The van der Waals surface area contributed by atoms with Gasteiger partial charge in [-0.15, -0.1) is 0 Å². The third-order valence-corrected chi connectivity index (χ3v) is 2.54. The van der Waals surface area contributed by atoms with E-state index in [4.69, 9.17) is 4.74 Å². The van der Waals surface area contributed by atoms with E-state index in [1.807, 2.05) is 13.8 Å². The monoisotopic (exact) mass is 185 g/mol. The summed E-state index contributed by atoms with van der Waals surface area (Å²) in [7, 11) is 1.54. The second-order valence-corrected chi connectivity index (χ2v) is 3.36. The molecular weight excluding hydrogens is 169 g/mol. The molecule has 1 aliphatic heterocycles. The van der Waals surface area contributed by atoms with Gasteiger partial charge in [0.25, 0.3) is 0 Å². The predicted molar refractivity (Wildman–Crippen MR) is 51.5 cm³/mol. The van der Waals surface area contributed by atoms with Gasteiger partial charge in [0.05, 0.1) is 5.70 Å². The second kappa shape index (κ2) is 4.01. The fourth-order valence-electron chi connectivity index (χ4n) is 1.78. The molecule has 1 rings (SSSR count). The van der Waals surface area contributed by atoms with Crippen molar-refractivity contribution >= 4 is 5.71 Å². The molecule has 0 saturated heterocycles. The standard InChI is InChI=1S/C10H16FNO/c1-5-8-6(2)12-7(3)9(11)10(8)13-4/h8,10H,5H2,1-4H3. The number of aliphatic imine (C=N–C) groups is 1. The number of hydrogen-bond donors (Lipinski definition) is 0. The zero-order chi connectivity index (χ0) is 10.0. The summed E-state index contributed by atoms with van der Waals surface area (Å²) in [6.45, 7) is 5.62. The van der Waals surface area contributed by atoms with Crippen LogP contribution in [0.3, 0.4) is 0 Å². The summed E-state index contributed by atoms with van der Waals surface area (Å²) in [6, 6.07) is 0. The van der Waals surface area contributed by atoms with Crippen molar-refractivity contribution in [3.8, 4) is 0 Å². The van der Waals surface area contributed by atoms with Crippen LogP contribution in [0.1, 0.15) is 27.2 Å². The van der Waals surface area contributed by atoms with Crippen LogP contribution in [0.2, 0.25) is 0 Å². The first-order valence-corrected chi connectivity index (χ1v) is 4.56. The Balaban J connectivity index is 3.00. The van der Waals surface area contributed by atoms with E-state index in [1.165, 1.54) is 0 Å². The van der Waals surface area contributed by atoms with Gasteiger partial charge in [0.2, 0.25) is 0 Å². The number of nitrogens with zero attached hydrogens (tertiary/aromatic N) is 1. The molecule has 1 aliphatic rings. The predicted octanol–water partition coefficient (Wildman–Crippen LogP) is 2.70. The Kier molecular flexibility index (Phi) is 3.20. The van der Waals surface area contributed by atoms with Crippen molar-refractivity contribution in [2.75, 3.05) is 7.11 Å². The molecule has 3 heteroatoms. The van der Waals surface area contributed by atoms with Gasteiger partial charge >= 0.3 is 0 Å². The molecule has 2 atom stereocenters. The van der Waals surface area contributed by atoms with Crippen molar-refractivity contribution in [2.45, 2.75) is 33.3 Å². The summed E-state index contributed by atoms with van der Waals surface area (Å²) >= 11 is 0. The fourth-order valence-corrected chi connectivity index (χ4v) is 1.78. The minimum Gasteiger partial charge on any atom is -0.374 e. The molecule has 0 aromatic carbocycles. The molecule has 0 spiro atoms. The molecule has 1 heterocycles. The molecule has 2 unspecified atom stereocenters. The van der Waals surface area contributed by atoms with Crippen molar-refractivity contribution in [1.82, 2.24) is 0 Å². The number of halogens is 1. The highest BCUT2D eigenvalue weighted by Gasteiger charge is 2.31. The van der Waals surface area contributed by atoms with Gasteiger partial charge in [-0.1, -0.05) is 6.92 Å². The van der Waals surface area contributed by atoms with E-state index >= 15 is 0 Å². The molecule has 0 aliphatic carbocycles. The second-order valence-electron chi connectivity index (χ2n) is 3.36. The van der Waals surface area contributed by atoms with Crippen molar-refractivity contribution in [3.05, 3.63) is 11.5 Å². The average molecular weight is 185 g/mol. The van der Waals surface area contributed by atoms with E-state index < -0.39 is 6.10 Å². The molecule has 0 amide bonds. The number of methoxy groups -OCH3 is 1. The number of allylic oxidation sites excluding steroid dienone is 1. The molecule has 0 saturated carbocycles. The molecule has 74 valence electrons. The Labute approximate surface area is 78.5 Å². The highest BCUT2D eigenvalue weighted by atomic mass is 19.1. The van der Waals surface area contributed by atoms with Gasteiger partial charge in [-0.2, -0.15) is 0 Å². The third kappa shape index (κ3) is 1.80. The Morgan fingerprint density at radius 3 is 2.54 bits per heavy atom. The van der Waals surface area contributed by atoms with E-state index in [-0.39, 0.29) is 11.7 Å².